The summed E-state index contributed by atoms with van der Waals surface area (Å²) >= 11 is 0. The van der Waals surface area contributed by atoms with Crippen molar-refractivity contribution in [1.82, 2.24) is 10.2 Å². The van der Waals surface area contributed by atoms with Crippen molar-refractivity contribution in [3.63, 3.8) is 0 Å². The summed E-state index contributed by atoms with van der Waals surface area (Å²) in [5.74, 6) is 0.890. The molecule has 0 aromatic heterocycles. The van der Waals surface area contributed by atoms with Gasteiger partial charge < -0.3 is 5.32 Å². The second kappa shape index (κ2) is 8.38. The van der Waals surface area contributed by atoms with Crippen LogP contribution in [-0.2, 0) is 0 Å². The Morgan fingerprint density at radius 1 is 0.850 bits per heavy atom. The van der Waals surface area contributed by atoms with Crippen molar-refractivity contribution < 1.29 is 0 Å². The Labute approximate surface area is 126 Å². The van der Waals surface area contributed by atoms with Gasteiger partial charge in [-0.1, -0.05) is 52.4 Å². The molecule has 1 N–H and O–H groups in total. The summed E-state index contributed by atoms with van der Waals surface area (Å²) < 4.78 is 0. The first kappa shape index (κ1) is 16.3. The topological polar surface area (TPSA) is 15.3 Å². The molecule has 2 aliphatic rings. The van der Waals surface area contributed by atoms with Gasteiger partial charge in [-0.3, -0.25) is 4.90 Å². The van der Waals surface area contributed by atoms with Crippen LogP contribution in [0.2, 0.25) is 0 Å². The van der Waals surface area contributed by atoms with Gasteiger partial charge in [-0.2, -0.15) is 0 Å². The molecule has 4 atom stereocenters. The molecule has 2 fully saturated rings. The fourth-order valence-electron chi connectivity index (χ4n) is 4.60. The third-order valence-electron chi connectivity index (χ3n) is 5.81. The van der Waals surface area contributed by atoms with Crippen molar-refractivity contribution in [2.24, 2.45) is 5.92 Å². The highest BCUT2D eigenvalue weighted by Crippen LogP contribution is 2.31. The first-order valence-electron chi connectivity index (χ1n) is 9.19. The van der Waals surface area contributed by atoms with Gasteiger partial charge in [-0.25, -0.2) is 0 Å². The summed E-state index contributed by atoms with van der Waals surface area (Å²) in [7, 11) is 2.42. The number of hydrogen-bond acceptors (Lipinski definition) is 2. The number of likely N-dealkylation sites (N-methyl/N-ethyl adjacent to an activating group) is 2. The molecule has 0 aromatic rings. The SMILES string of the molecule is CCNC1CCCCCCC1N(C)C1CCCCC1C. The second-order valence-corrected chi connectivity index (χ2v) is 7.22. The van der Waals surface area contributed by atoms with Crippen LogP contribution in [0.3, 0.4) is 0 Å². The molecule has 2 rings (SSSR count). The van der Waals surface area contributed by atoms with Gasteiger partial charge >= 0.3 is 0 Å². The lowest BCUT2D eigenvalue weighted by Crippen LogP contribution is -2.54. The molecule has 0 saturated heterocycles. The summed E-state index contributed by atoms with van der Waals surface area (Å²) in [5, 5.41) is 3.80. The first-order valence-corrected chi connectivity index (χ1v) is 9.19. The molecule has 20 heavy (non-hydrogen) atoms. The number of rotatable bonds is 4. The van der Waals surface area contributed by atoms with Crippen LogP contribution in [0, 0.1) is 5.92 Å². The van der Waals surface area contributed by atoms with E-state index < -0.39 is 0 Å². The minimum absolute atomic E-state index is 0.722. The minimum Gasteiger partial charge on any atom is -0.313 e. The highest BCUT2D eigenvalue weighted by atomic mass is 15.2. The van der Waals surface area contributed by atoms with Crippen LogP contribution >= 0.6 is 0 Å². The largest absolute Gasteiger partial charge is 0.313 e. The van der Waals surface area contributed by atoms with E-state index in [2.05, 4.69) is 31.1 Å². The van der Waals surface area contributed by atoms with Crippen molar-refractivity contribution in [3.8, 4) is 0 Å². The standard InChI is InChI=1S/C18H36N2/c1-4-19-16-12-7-5-6-8-14-18(16)20(3)17-13-10-9-11-15(17)2/h15-19H,4-14H2,1-3H3. The van der Waals surface area contributed by atoms with Crippen LogP contribution in [0.5, 0.6) is 0 Å². The molecule has 0 spiro atoms. The Morgan fingerprint density at radius 2 is 1.45 bits per heavy atom. The molecule has 0 bridgehead atoms. The Balaban J connectivity index is 2.02. The lowest BCUT2D eigenvalue weighted by Gasteiger charge is -2.44. The first-order chi connectivity index (χ1) is 9.74. The van der Waals surface area contributed by atoms with Gasteiger partial charge in [-0.05, 0) is 45.2 Å². The van der Waals surface area contributed by atoms with E-state index in [-0.39, 0.29) is 0 Å². The highest BCUT2D eigenvalue weighted by molar-refractivity contribution is 4.90. The van der Waals surface area contributed by atoms with Gasteiger partial charge in [0.15, 0.2) is 0 Å². The van der Waals surface area contributed by atoms with E-state index in [1.54, 1.807) is 0 Å². The minimum atomic E-state index is 0.722. The van der Waals surface area contributed by atoms with Gasteiger partial charge in [0.1, 0.15) is 0 Å². The van der Waals surface area contributed by atoms with Crippen molar-refractivity contribution in [2.75, 3.05) is 13.6 Å². The van der Waals surface area contributed by atoms with Crippen molar-refractivity contribution in [3.05, 3.63) is 0 Å². The van der Waals surface area contributed by atoms with E-state index in [4.69, 9.17) is 0 Å². The third kappa shape index (κ3) is 4.21. The van der Waals surface area contributed by atoms with Crippen LogP contribution in [0.1, 0.15) is 78.1 Å². The second-order valence-electron chi connectivity index (χ2n) is 7.22. The smallest absolute Gasteiger partial charge is 0.0249 e. The summed E-state index contributed by atoms with van der Waals surface area (Å²) in [6, 6.07) is 2.31. The van der Waals surface area contributed by atoms with Crippen molar-refractivity contribution in [1.29, 1.82) is 0 Å². The van der Waals surface area contributed by atoms with Crippen LogP contribution in [0.4, 0.5) is 0 Å². The molecule has 4 unspecified atom stereocenters. The summed E-state index contributed by atoms with van der Waals surface area (Å²) in [6.45, 7) is 5.86. The summed E-state index contributed by atoms with van der Waals surface area (Å²) in [6.07, 6.45) is 14.3. The highest BCUT2D eigenvalue weighted by Gasteiger charge is 2.33. The molecule has 0 aliphatic heterocycles. The van der Waals surface area contributed by atoms with Gasteiger partial charge in [0.2, 0.25) is 0 Å². The van der Waals surface area contributed by atoms with Crippen LogP contribution in [0.15, 0.2) is 0 Å². The maximum absolute atomic E-state index is 3.80. The van der Waals surface area contributed by atoms with Crippen LogP contribution in [0.25, 0.3) is 0 Å². The zero-order valence-corrected chi connectivity index (χ0v) is 14.0. The van der Waals surface area contributed by atoms with Gasteiger partial charge in [0.25, 0.3) is 0 Å². The lowest BCUT2D eigenvalue weighted by molar-refractivity contribution is 0.0655. The Morgan fingerprint density at radius 3 is 2.15 bits per heavy atom. The molecule has 118 valence electrons. The third-order valence-corrected chi connectivity index (χ3v) is 5.81. The molecule has 2 nitrogen and oxygen atoms in total. The quantitative estimate of drug-likeness (QED) is 0.830. The normalized spacial score (nSPS) is 36.6. The lowest BCUT2D eigenvalue weighted by atomic mass is 9.82. The fourth-order valence-corrected chi connectivity index (χ4v) is 4.60. The van der Waals surface area contributed by atoms with E-state index >= 15 is 0 Å². The number of nitrogens with zero attached hydrogens (tertiary/aromatic N) is 1. The number of hydrogen-bond donors (Lipinski definition) is 1. The maximum atomic E-state index is 3.80. The van der Waals surface area contributed by atoms with Crippen molar-refractivity contribution in [2.45, 2.75) is 96.2 Å². The Hall–Kier alpha value is -0.0800. The molecule has 0 aromatic carbocycles. The molecule has 2 aliphatic carbocycles. The van der Waals surface area contributed by atoms with Crippen LogP contribution < -0.4 is 5.32 Å². The molecular weight excluding hydrogens is 244 g/mol. The molecule has 0 heterocycles. The molecular formula is C18H36N2. The predicted molar refractivity (Wildman–Crippen MR) is 88.1 cm³/mol. The van der Waals surface area contributed by atoms with E-state index in [0.29, 0.717) is 0 Å². The van der Waals surface area contributed by atoms with E-state index in [9.17, 15) is 0 Å². The van der Waals surface area contributed by atoms with Crippen molar-refractivity contribution >= 4 is 0 Å². The summed E-state index contributed by atoms with van der Waals surface area (Å²) in [5.41, 5.74) is 0. The van der Waals surface area contributed by atoms with Gasteiger partial charge in [0, 0.05) is 18.1 Å². The number of nitrogens with one attached hydrogen (secondary N) is 1. The average Bonchev–Trinajstić information content (AvgIpc) is 2.42. The predicted octanol–water partition coefficient (Wildman–Crippen LogP) is 4.20. The molecule has 0 amide bonds. The fraction of sp³-hybridized carbons (Fsp3) is 1.00. The molecule has 0 radical (unpaired) electrons. The zero-order valence-electron chi connectivity index (χ0n) is 14.0. The summed E-state index contributed by atoms with van der Waals surface area (Å²) in [4.78, 5) is 2.78. The Bertz CT molecular complexity index is 266. The van der Waals surface area contributed by atoms with E-state index in [0.717, 1.165) is 30.6 Å². The Kier molecular flexibility index (Phi) is 6.83. The van der Waals surface area contributed by atoms with Gasteiger partial charge in [0.05, 0.1) is 0 Å². The van der Waals surface area contributed by atoms with E-state index in [1.807, 2.05) is 0 Å². The van der Waals surface area contributed by atoms with E-state index in [1.165, 1.54) is 64.2 Å². The monoisotopic (exact) mass is 280 g/mol. The molecule has 2 heteroatoms. The zero-order chi connectivity index (χ0) is 14.4. The molecule has 2 saturated carbocycles. The van der Waals surface area contributed by atoms with Crippen LogP contribution in [-0.4, -0.2) is 36.6 Å². The average molecular weight is 280 g/mol. The maximum Gasteiger partial charge on any atom is 0.0249 e. The van der Waals surface area contributed by atoms with Gasteiger partial charge in [-0.15, -0.1) is 0 Å².